The Morgan fingerprint density at radius 2 is 1.88 bits per heavy atom. The van der Waals surface area contributed by atoms with Crippen LogP contribution in [0.25, 0.3) is 10.9 Å². The molecule has 0 amide bonds. The molecule has 90 valence electrons. The average Bonchev–Trinajstić information content (AvgIpc) is 2.35. The molecule has 0 fully saturated rings. The van der Waals surface area contributed by atoms with Crippen LogP contribution in [-0.2, 0) is 12.8 Å². The maximum absolute atomic E-state index is 5.52. The maximum atomic E-state index is 5.52. The molecule has 0 unspecified atom stereocenters. The van der Waals surface area contributed by atoms with Crippen molar-refractivity contribution in [1.29, 1.82) is 0 Å². The minimum absolute atomic E-state index is 0.775. The zero-order valence-electron chi connectivity index (χ0n) is 10.0. The molecule has 0 spiro atoms. The lowest BCUT2D eigenvalue weighted by molar-refractivity contribution is 1.09. The van der Waals surface area contributed by atoms with Crippen LogP contribution in [-0.4, -0.2) is 4.98 Å². The molecule has 0 radical (unpaired) electrons. The van der Waals surface area contributed by atoms with Gasteiger partial charge in [0.15, 0.2) is 0 Å². The van der Waals surface area contributed by atoms with Gasteiger partial charge in [-0.2, -0.15) is 0 Å². The van der Waals surface area contributed by atoms with Gasteiger partial charge in [0, 0.05) is 9.86 Å². The predicted molar refractivity (Wildman–Crippen MR) is 76.0 cm³/mol. The highest BCUT2D eigenvalue weighted by Crippen LogP contribution is 2.27. The second kappa shape index (κ2) is 5.02. The summed E-state index contributed by atoms with van der Waals surface area (Å²) in [7, 11) is 0. The molecule has 0 saturated carbocycles. The van der Waals surface area contributed by atoms with E-state index in [9.17, 15) is 0 Å². The zero-order valence-corrected chi connectivity index (χ0v) is 11.6. The summed E-state index contributed by atoms with van der Waals surface area (Å²) in [5, 5.41) is 1.16. The fraction of sp³-hybridized carbons (Fsp3) is 0.308. The van der Waals surface area contributed by atoms with Crippen LogP contribution in [0.1, 0.15) is 25.0 Å². The average molecular weight is 294 g/mol. The minimum atomic E-state index is 0.775. The van der Waals surface area contributed by atoms with Crippen molar-refractivity contribution in [3.05, 3.63) is 33.8 Å². The number of nitrogens with one attached hydrogen (secondary N) is 1. The molecule has 3 N–H and O–H groups in total. The van der Waals surface area contributed by atoms with E-state index in [1.807, 2.05) is 0 Å². The summed E-state index contributed by atoms with van der Waals surface area (Å²) in [6, 6.07) is 6.36. The van der Waals surface area contributed by atoms with Crippen molar-refractivity contribution < 1.29 is 0 Å². The van der Waals surface area contributed by atoms with Gasteiger partial charge in [-0.1, -0.05) is 29.8 Å². The SMILES string of the molecule is CCc1cc2cc(Br)cc(CC)c2nc1NN. The minimum Gasteiger partial charge on any atom is -0.308 e. The lowest BCUT2D eigenvalue weighted by Crippen LogP contribution is -2.11. The Morgan fingerprint density at radius 1 is 1.18 bits per heavy atom. The van der Waals surface area contributed by atoms with Gasteiger partial charge in [0.1, 0.15) is 5.82 Å². The zero-order chi connectivity index (χ0) is 12.4. The van der Waals surface area contributed by atoms with E-state index < -0.39 is 0 Å². The highest BCUT2D eigenvalue weighted by atomic mass is 79.9. The molecule has 0 aliphatic rings. The van der Waals surface area contributed by atoms with Gasteiger partial charge in [0.2, 0.25) is 0 Å². The van der Waals surface area contributed by atoms with E-state index in [4.69, 9.17) is 5.84 Å². The third-order valence-corrected chi connectivity index (χ3v) is 3.40. The number of hydrogen-bond acceptors (Lipinski definition) is 3. The Hall–Kier alpha value is -1.13. The summed E-state index contributed by atoms with van der Waals surface area (Å²) in [6.45, 7) is 4.23. The van der Waals surface area contributed by atoms with E-state index >= 15 is 0 Å². The number of nitrogen functional groups attached to an aromatic ring is 1. The molecule has 17 heavy (non-hydrogen) atoms. The number of pyridine rings is 1. The number of nitrogens with zero attached hydrogens (tertiary/aromatic N) is 1. The number of nitrogens with two attached hydrogens (primary N) is 1. The molecule has 2 aromatic rings. The van der Waals surface area contributed by atoms with Crippen LogP contribution < -0.4 is 11.3 Å². The molecule has 4 heteroatoms. The quantitative estimate of drug-likeness (QED) is 0.673. The lowest BCUT2D eigenvalue weighted by atomic mass is 10.0. The summed E-state index contributed by atoms with van der Waals surface area (Å²) in [5.41, 5.74) is 6.08. The summed E-state index contributed by atoms with van der Waals surface area (Å²) in [4.78, 5) is 4.62. The van der Waals surface area contributed by atoms with Gasteiger partial charge in [-0.25, -0.2) is 10.8 Å². The van der Waals surface area contributed by atoms with Gasteiger partial charge in [-0.15, -0.1) is 0 Å². The smallest absolute Gasteiger partial charge is 0.143 e. The molecular weight excluding hydrogens is 278 g/mol. The van der Waals surface area contributed by atoms with Crippen LogP contribution >= 0.6 is 15.9 Å². The van der Waals surface area contributed by atoms with Crippen molar-refractivity contribution in [2.24, 2.45) is 5.84 Å². The molecule has 0 atom stereocenters. The fourth-order valence-electron chi connectivity index (χ4n) is 2.03. The van der Waals surface area contributed by atoms with Crippen LogP contribution in [0.15, 0.2) is 22.7 Å². The second-order valence-electron chi connectivity index (χ2n) is 3.98. The summed E-state index contributed by atoms with van der Waals surface area (Å²) in [5.74, 6) is 6.29. The molecule has 1 aromatic carbocycles. The van der Waals surface area contributed by atoms with Gasteiger partial charge in [0.05, 0.1) is 5.52 Å². The number of aryl methyl sites for hydroxylation is 2. The van der Waals surface area contributed by atoms with E-state index in [1.165, 1.54) is 5.56 Å². The molecule has 0 saturated heterocycles. The first-order valence-corrected chi connectivity index (χ1v) is 6.57. The number of fused-ring (bicyclic) bond motifs is 1. The molecule has 0 aliphatic heterocycles. The summed E-state index contributed by atoms with van der Waals surface area (Å²) in [6.07, 6.45) is 1.87. The molecular formula is C13H16BrN3. The highest BCUT2D eigenvalue weighted by molar-refractivity contribution is 9.10. The van der Waals surface area contributed by atoms with Crippen molar-refractivity contribution in [3.8, 4) is 0 Å². The third kappa shape index (κ3) is 2.28. The number of halogens is 1. The van der Waals surface area contributed by atoms with E-state index in [1.54, 1.807) is 0 Å². The monoisotopic (exact) mass is 293 g/mol. The van der Waals surface area contributed by atoms with Crippen LogP contribution in [0.4, 0.5) is 5.82 Å². The Kier molecular flexibility index (Phi) is 3.64. The fourth-order valence-corrected chi connectivity index (χ4v) is 2.55. The van der Waals surface area contributed by atoms with Crippen LogP contribution in [0, 0.1) is 0 Å². The van der Waals surface area contributed by atoms with E-state index in [0.717, 1.165) is 39.6 Å². The third-order valence-electron chi connectivity index (χ3n) is 2.94. The van der Waals surface area contributed by atoms with Crippen molar-refractivity contribution in [2.45, 2.75) is 26.7 Å². The Balaban J connectivity index is 2.77. The van der Waals surface area contributed by atoms with E-state index in [-0.39, 0.29) is 0 Å². The van der Waals surface area contributed by atoms with Crippen LogP contribution in [0.5, 0.6) is 0 Å². The van der Waals surface area contributed by atoms with Crippen LogP contribution in [0.3, 0.4) is 0 Å². The predicted octanol–water partition coefficient (Wildman–Crippen LogP) is 3.41. The van der Waals surface area contributed by atoms with Gasteiger partial charge in [-0.3, -0.25) is 0 Å². The summed E-state index contributed by atoms with van der Waals surface area (Å²) >= 11 is 3.54. The topological polar surface area (TPSA) is 50.9 Å². The standard InChI is InChI=1S/C13H16BrN3/c1-3-8-6-11(14)7-10-5-9(4-2)13(17-15)16-12(8)10/h5-7H,3-4,15H2,1-2H3,(H,16,17). The molecule has 0 bridgehead atoms. The molecule has 0 aliphatic carbocycles. The number of hydrogen-bond donors (Lipinski definition) is 2. The van der Waals surface area contributed by atoms with Gasteiger partial charge >= 0.3 is 0 Å². The Bertz CT molecular complexity index is 552. The first kappa shape index (κ1) is 12.3. The van der Waals surface area contributed by atoms with Crippen molar-refractivity contribution in [2.75, 3.05) is 5.43 Å². The largest absolute Gasteiger partial charge is 0.308 e. The van der Waals surface area contributed by atoms with Gasteiger partial charge in [0.25, 0.3) is 0 Å². The summed E-state index contributed by atoms with van der Waals surface area (Å²) < 4.78 is 1.10. The van der Waals surface area contributed by atoms with Gasteiger partial charge < -0.3 is 5.43 Å². The highest BCUT2D eigenvalue weighted by Gasteiger charge is 2.08. The second-order valence-corrected chi connectivity index (χ2v) is 4.90. The molecule has 2 rings (SSSR count). The Labute approximate surface area is 110 Å². The van der Waals surface area contributed by atoms with Crippen molar-refractivity contribution in [1.82, 2.24) is 4.98 Å². The van der Waals surface area contributed by atoms with Crippen molar-refractivity contribution >= 4 is 32.7 Å². The van der Waals surface area contributed by atoms with E-state index in [0.29, 0.717) is 0 Å². The first-order chi connectivity index (χ1) is 8.19. The molecule has 3 nitrogen and oxygen atoms in total. The van der Waals surface area contributed by atoms with Crippen molar-refractivity contribution in [3.63, 3.8) is 0 Å². The maximum Gasteiger partial charge on any atom is 0.143 e. The lowest BCUT2D eigenvalue weighted by Gasteiger charge is -2.11. The number of aromatic nitrogens is 1. The normalized spacial score (nSPS) is 10.8. The molecule has 1 aromatic heterocycles. The number of hydrazine groups is 1. The number of anilines is 1. The molecule has 1 heterocycles. The van der Waals surface area contributed by atoms with E-state index in [2.05, 4.69) is 58.4 Å². The van der Waals surface area contributed by atoms with Gasteiger partial charge in [-0.05, 0) is 42.2 Å². The Morgan fingerprint density at radius 3 is 2.47 bits per heavy atom. The first-order valence-electron chi connectivity index (χ1n) is 5.78. The van der Waals surface area contributed by atoms with Crippen LogP contribution in [0.2, 0.25) is 0 Å². The number of benzene rings is 1. The number of rotatable bonds is 3.